The molecular formula is C18H33N5O8S. The molecule has 0 saturated carbocycles. The number of hydrogen-bond donors (Lipinski definition) is 9. The number of carboxylic acids is 2. The molecule has 0 rings (SSSR count). The Labute approximate surface area is 191 Å². The van der Waals surface area contributed by atoms with Crippen LogP contribution in [-0.4, -0.2) is 87.5 Å². The fourth-order valence-corrected chi connectivity index (χ4v) is 2.77. The van der Waals surface area contributed by atoms with Crippen molar-refractivity contribution in [1.82, 2.24) is 16.0 Å². The summed E-state index contributed by atoms with van der Waals surface area (Å²) in [5.74, 6) is -5.16. The van der Waals surface area contributed by atoms with Crippen molar-refractivity contribution in [2.45, 2.75) is 69.3 Å². The number of aliphatic hydroxyl groups excluding tert-OH is 1. The van der Waals surface area contributed by atoms with E-state index < -0.39 is 66.4 Å². The zero-order chi connectivity index (χ0) is 24.8. The van der Waals surface area contributed by atoms with Gasteiger partial charge in [0, 0.05) is 12.2 Å². The van der Waals surface area contributed by atoms with Crippen LogP contribution in [0.15, 0.2) is 0 Å². The molecule has 0 aliphatic rings. The van der Waals surface area contributed by atoms with Crippen LogP contribution in [0.1, 0.15) is 39.0 Å². The van der Waals surface area contributed by atoms with Crippen LogP contribution in [-0.2, 0) is 24.0 Å². The molecule has 184 valence electrons. The molecule has 0 saturated heterocycles. The number of rotatable bonds is 16. The number of nitrogens with one attached hydrogen (secondary N) is 3. The third-order valence-electron chi connectivity index (χ3n) is 4.48. The molecule has 0 aliphatic carbocycles. The van der Waals surface area contributed by atoms with Crippen molar-refractivity contribution >= 4 is 42.3 Å². The lowest BCUT2D eigenvalue weighted by Crippen LogP contribution is -2.58. The van der Waals surface area contributed by atoms with Gasteiger partial charge in [-0.1, -0.05) is 0 Å². The topological polar surface area (TPSA) is 234 Å². The Kier molecular flexibility index (Phi) is 14.2. The van der Waals surface area contributed by atoms with Gasteiger partial charge >= 0.3 is 11.9 Å². The number of aliphatic hydroxyl groups is 1. The Morgan fingerprint density at radius 1 is 0.875 bits per heavy atom. The van der Waals surface area contributed by atoms with Crippen LogP contribution in [0.4, 0.5) is 0 Å². The van der Waals surface area contributed by atoms with Crippen LogP contribution in [0, 0.1) is 0 Å². The minimum absolute atomic E-state index is 0.125. The molecule has 14 heteroatoms. The highest BCUT2D eigenvalue weighted by Crippen LogP contribution is 2.05. The Bertz CT molecular complexity index is 663. The van der Waals surface area contributed by atoms with Crippen molar-refractivity contribution in [2.24, 2.45) is 11.5 Å². The number of amides is 3. The van der Waals surface area contributed by atoms with Gasteiger partial charge in [0.05, 0.1) is 6.10 Å². The minimum Gasteiger partial charge on any atom is -0.481 e. The lowest BCUT2D eigenvalue weighted by molar-refractivity contribution is -0.143. The number of hydrogen-bond acceptors (Lipinski definition) is 9. The number of unbranched alkanes of at least 4 members (excludes halogenated alkanes) is 1. The maximum atomic E-state index is 12.6. The highest BCUT2D eigenvalue weighted by molar-refractivity contribution is 7.80. The zero-order valence-corrected chi connectivity index (χ0v) is 18.7. The van der Waals surface area contributed by atoms with Gasteiger partial charge in [-0.25, -0.2) is 4.79 Å². The molecule has 0 heterocycles. The molecule has 3 amide bonds. The van der Waals surface area contributed by atoms with Gasteiger partial charge in [-0.15, -0.1) is 0 Å². The SMILES string of the molecule is CC(O)C(N)C(=O)NC(CS)C(=O)NC(CCCCN)C(=O)NC(CCC(=O)O)C(=O)O. The summed E-state index contributed by atoms with van der Waals surface area (Å²) >= 11 is 4.01. The summed E-state index contributed by atoms with van der Waals surface area (Å²) < 4.78 is 0. The summed E-state index contributed by atoms with van der Waals surface area (Å²) in [6.07, 6.45) is -0.873. The third-order valence-corrected chi connectivity index (χ3v) is 4.84. The smallest absolute Gasteiger partial charge is 0.326 e. The number of thiol groups is 1. The number of aliphatic carboxylic acids is 2. The molecule has 32 heavy (non-hydrogen) atoms. The summed E-state index contributed by atoms with van der Waals surface area (Å²) in [7, 11) is 0. The Balaban J connectivity index is 5.30. The van der Waals surface area contributed by atoms with Crippen LogP contribution in [0.25, 0.3) is 0 Å². The Morgan fingerprint density at radius 3 is 1.88 bits per heavy atom. The summed E-state index contributed by atoms with van der Waals surface area (Å²) in [4.78, 5) is 59.3. The van der Waals surface area contributed by atoms with Crippen LogP contribution >= 0.6 is 12.6 Å². The van der Waals surface area contributed by atoms with Crippen LogP contribution < -0.4 is 27.4 Å². The first-order chi connectivity index (χ1) is 14.9. The maximum Gasteiger partial charge on any atom is 0.326 e. The molecule has 0 aromatic rings. The van der Waals surface area contributed by atoms with E-state index in [9.17, 15) is 34.2 Å². The van der Waals surface area contributed by atoms with E-state index in [4.69, 9.17) is 16.6 Å². The van der Waals surface area contributed by atoms with Gasteiger partial charge in [0.15, 0.2) is 0 Å². The van der Waals surface area contributed by atoms with E-state index in [0.29, 0.717) is 19.4 Å². The van der Waals surface area contributed by atoms with E-state index >= 15 is 0 Å². The van der Waals surface area contributed by atoms with Gasteiger partial charge in [-0.2, -0.15) is 12.6 Å². The average molecular weight is 480 g/mol. The molecule has 10 N–H and O–H groups in total. The van der Waals surface area contributed by atoms with Crippen LogP contribution in [0.2, 0.25) is 0 Å². The fraction of sp³-hybridized carbons (Fsp3) is 0.722. The van der Waals surface area contributed by atoms with Gasteiger partial charge in [0.25, 0.3) is 0 Å². The summed E-state index contributed by atoms with van der Waals surface area (Å²) in [6, 6.07) is -5.08. The number of carbonyl (C=O) groups excluding carboxylic acids is 3. The number of carbonyl (C=O) groups is 5. The predicted octanol–water partition coefficient (Wildman–Crippen LogP) is -2.84. The van der Waals surface area contributed by atoms with Gasteiger partial charge in [-0.3, -0.25) is 19.2 Å². The van der Waals surface area contributed by atoms with Crippen molar-refractivity contribution < 1.29 is 39.3 Å². The second kappa shape index (κ2) is 15.4. The van der Waals surface area contributed by atoms with Crippen molar-refractivity contribution in [3.63, 3.8) is 0 Å². The standard InChI is InChI=1S/C18H33N5O8S/c1-9(24)14(20)17(29)23-12(8-32)16(28)21-10(4-2-3-7-19)15(27)22-11(18(30)31)5-6-13(25)26/h9-12,14,24,32H,2-8,19-20H2,1H3,(H,21,28)(H,22,27)(H,23,29)(H,25,26)(H,30,31). The first kappa shape index (κ1) is 29.6. The van der Waals surface area contributed by atoms with Gasteiger partial charge in [-0.05, 0) is 39.2 Å². The van der Waals surface area contributed by atoms with E-state index in [0.717, 1.165) is 0 Å². The molecule has 0 aliphatic heterocycles. The van der Waals surface area contributed by atoms with Crippen molar-refractivity contribution in [1.29, 1.82) is 0 Å². The maximum absolute atomic E-state index is 12.6. The molecule has 0 radical (unpaired) electrons. The normalized spacial score (nSPS) is 15.5. The lowest BCUT2D eigenvalue weighted by Gasteiger charge is -2.25. The van der Waals surface area contributed by atoms with Crippen molar-refractivity contribution in [3.8, 4) is 0 Å². The second-order valence-electron chi connectivity index (χ2n) is 7.19. The first-order valence-electron chi connectivity index (χ1n) is 10.0. The fourth-order valence-electron chi connectivity index (χ4n) is 2.51. The van der Waals surface area contributed by atoms with Gasteiger partial charge in [0.1, 0.15) is 24.2 Å². The van der Waals surface area contributed by atoms with Gasteiger partial charge < -0.3 is 42.7 Å². The molecule has 0 aromatic carbocycles. The largest absolute Gasteiger partial charge is 0.481 e. The second-order valence-corrected chi connectivity index (χ2v) is 7.55. The van der Waals surface area contributed by atoms with Crippen molar-refractivity contribution in [3.05, 3.63) is 0 Å². The van der Waals surface area contributed by atoms with Crippen LogP contribution in [0.3, 0.4) is 0 Å². The quantitative estimate of drug-likeness (QED) is 0.0812. The molecule has 5 atom stereocenters. The molecule has 5 unspecified atom stereocenters. The highest BCUT2D eigenvalue weighted by atomic mass is 32.1. The Morgan fingerprint density at radius 2 is 1.41 bits per heavy atom. The zero-order valence-electron chi connectivity index (χ0n) is 17.8. The summed E-state index contributed by atoms with van der Waals surface area (Å²) in [5, 5.41) is 34.4. The van der Waals surface area contributed by atoms with Crippen LogP contribution in [0.5, 0.6) is 0 Å². The van der Waals surface area contributed by atoms with E-state index in [1.54, 1.807) is 0 Å². The first-order valence-corrected chi connectivity index (χ1v) is 10.7. The average Bonchev–Trinajstić information content (AvgIpc) is 2.72. The summed E-state index contributed by atoms with van der Waals surface area (Å²) in [5.41, 5.74) is 11.0. The molecule has 0 bridgehead atoms. The highest BCUT2D eigenvalue weighted by Gasteiger charge is 2.30. The third kappa shape index (κ3) is 11.3. The minimum atomic E-state index is -1.46. The molecule has 13 nitrogen and oxygen atoms in total. The number of carboxylic acid groups (broad SMARTS) is 2. The van der Waals surface area contributed by atoms with E-state index in [2.05, 4.69) is 28.6 Å². The molecular weight excluding hydrogens is 446 g/mol. The lowest BCUT2D eigenvalue weighted by atomic mass is 10.1. The predicted molar refractivity (Wildman–Crippen MR) is 117 cm³/mol. The van der Waals surface area contributed by atoms with E-state index in [1.807, 2.05) is 0 Å². The van der Waals surface area contributed by atoms with E-state index in [-0.39, 0.29) is 18.6 Å². The Hall–Kier alpha value is -2.42. The monoisotopic (exact) mass is 479 g/mol. The molecule has 0 aromatic heterocycles. The summed E-state index contributed by atoms with van der Waals surface area (Å²) in [6.45, 7) is 1.65. The molecule has 0 fully saturated rings. The van der Waals surface area contributed by atoms with Gasteiger partial charge in [0.2, 0.25) is 17.7 Å². The van der Waals surface area contributed by atoms with Crippen molar-refractivity contribution in [2.75, 3.05) is 12.3 Å². The number of nitrogens with two attached hydrogens (primary N) is 2. The van der Waals surface area contributed by atoms with E-state index in [1.165, 1.54) is 6.92 Å². The molecule has 0 spiro atoms.